The van der Waals surface area contributed by atoms with Crippen LogP contribution in [-0.4, -0.2) is 76.6 Å². The van der Waals surface area contributed by atoms with Gasteiger partial charge in [-0.25, -0.2) is 18.2 Å². The number of rotatable bonds is 5. The molecular weight excluding hydrogens is 611 g/mol. The maximum Gasteiger partial charge on any atom is 0.421 e. The number of carbonyl (C=O) groups is 1. The molecule has 0 bridgehead atoms. The van der Waals surface area contributed by atoms with Gasteiger partial charge in [-0.1, -0.05) is 20.8 Å². The third-order valence-corrected chi connectivity index (χ3v) is 12.1. The molecular formula is C31H42F3N5O5S. The largest absolute Gasteiger partial charge is 0.465 e. The third kappa shape index (κ3) is 6.45. The Morgan fingerprint density at radius 3 is 2.22 bits per heavy atom. The highest BCUT2D eigenvalue weighted by molar-refractivity contribution is 7.92. The number of aryl methyl sites for hydroxylation is 1. The molecule has 10 nitrogen and oxygen atoms in total. The molecule has 2 saturated heterocycles. The molecule has 2 unspecified atom stereocenters. The highest BCUT2D eigenvalue weighted by atomic mass is 32.2. The monoisotopic (exact) mass is 653 g/mol. The standard InChI is InChI=1S/C31H42F3N5O5S/c1-19-16-20(45(43,44)23-17-30(24(23)28(2,3)4)10-14-39(15-11-30)27(40)41)6-7-22(19)36-26-35-18-21(31(32,33)34)25(37-26)38-12-8-29(5,42)9-13-38/h6-7,16,18,23-24,42H,8-15,17H2,1-5H3,(H,40,41)(H,35,36,37). The predicted octanol–water partition coefficient (Wildman–Crippen LogP) is 5.87. The first-order valence-corrected chi connectivity index (χ1v) is 16.8. The van der Waals surface area contributed by atoms with Crippen LogP contribution in [-0.2, 0) is 16.0 Å². The van der Waals surface area contributed by atoms with Gasteiger partial charge < -0.3 is 25.3 Å². The van der Waals surface area contributed by atoms with Gasteiger partial charge in [-0.2, -0.15) is 18.2 Å². The van der Waals surface area contributed by atoms with Gasteiger partial charge in [-0.3, -0.25) is 0 Å². The smallest absolute Gasteiger partial charge is 0.421 e. The van der Waals surface area contributed by atoms with Gasteiger partial charge in [-0.15, -0.1) is 0 Å². The van der Waals surface area contributed by atoms with Crippen molar-refractivity contribution in [1.29, 1.82) is 0 Å². The summed E-state index contributed by atoms with van der Waals surface area (Å²) in [4.78, 5) is 22.6. The Kier molecular flexibility index (Phi) is 8.34. The van der Waals surface area contributed by atoms with Crippen molar-refractivity contribution in [2.24, 2.45) is 16.7 Å². The van der Waals surface area contributed by atoms with Gasteiger partial charge in [0.05, 0.1) is 15.7 Å². The van der Waals surface area contributed by atoms with Crippen LogP contribution in [0, 0.1) is 23.7 Å². The summed E-state index contributed by atoms with van der Waals surface area (Å²) in [7, 11) is -3.75. The number of nitrogens with zero attached hydrogens (tertiary/aromatic N) is 4. The normalized spacial score (nSPS) is 23.5. The van der Waals surface area contributed by atoms with Gasteiger partial charge in [0.2, 0.25) is 5.95 Å². The molecule has 3 aliphatic rings. The van der Waals surface area contributed by atoms with E-state index in [1.807, 2.05) is 20.8 Å². The second-order valence-corrected chi connectivity index (χ2v) is 16.4. The summed E-state index contributed by atoms with van der Waals surface area (Å²) in [5, 5.41) is 22.0. The topological polar surface area (TPSA) is 136 Å². The average Bonchev–Trinajstić information content (AvgIpc) is 2.91. The second-order valence-electron chi connectivity index (χ2n) is 14.3. The lowest BCUT2D eigenvalue weighted by atomic mass is 9.48. The Morgan fingerprint density at radius 1 is 1.07 bits per heavy atom. The van der Waals surface area contributed by atoms with Crippen molar-refractivity contribution in [3.8, 4) is 0 Å². The Labute approximate surface area is 262 Å². The van der Waals surface area contributed by atoms with Crippen LogP contribution in [0.4, 0.5) is 35.4 Å². The highest BCUT2D eigenvalue weighted by Crippen LogP contribution is 2.62. The molecule has 1 aromatic heterocycles. The number of carboxylic acid groups (broad SMARTS) is 1. The minimum Gasteiger partial charge on any atom is -0.465 e. The fourth-order valence-corrected chi connectivity index (χ4v) is 10.2. The third-order valence-electron chi connectivity index (χ3n) is 9.99. The minimum atomic E-state index is -4.67. The number of hydrogen-bond acceptors (Lipinski definition) is 8. The molecule has 0 radical (unpaired) electrons. The Balaban J connectivity index is 1.37. The van der Waals surface area contributed by atoms with Crippen molar-refractivity contribution in [2.75, 3.05) is 36.4 Å². The lowest BCUT2D eigenvalue weighted by molar-refractivity contribution is -0.137. The molecule has 2 aromatic rings. The van der Waals surface area contributed by atoms with E-state index in [4.69, 9.17) is 0 Å². The molecule has 5 rings (SSSR count). The molecule has 14 heteroatoms. The number of hydrogen-bond donors (Lipinski definition) is 3. The van der Waals surface area contributed by atoms with Crippen molar-refractivity contribution in [2.45, 2.75) is 88.6 Å². The maximum atomic E-state index is 14.0. The van der Waals surface area contributed by atoms with Crippen molar-refractivity contribution < 1.29 is 36.6 Å². The van der Waals surface area contributed by atoms with Crippen LogP contribution in [0.5, 0.6) is 0 Å². The van der Waals surface area contributed by atoms with E-state index in [1.54, 1.807) is 26.0 Å². The van der Waals surface area contributed by atoms with Gasteiger partial charge in [0.15, 0.2) is 9.84 Å². The zero-order chi connectivity index (χ0) is 33.2. The first-order chi connectivity index (χ1) is 20.7. The number of sulfone groups is 1. The summed E-state index contributed by atoms with van der Waals surface area (Å²) in [6.07, 6.45) is -2.57. The zero-order valence-electron chi connectivity index (χ0n) is 26.3. The summed E-state index contributed by atoms with van der Waals surface area (Å²) >= 11 is 0. The second kappa shape index (κ2) is 11.3. The lowest BCUT2D eigenvalue weighted by Gasteiger charge is -2.62. The van der Waals surface area contributed by atoms with Crippen molar-refractivity contribution in [3.63, 3.8) is 0 Å². The molecule has 248 valence electrons. The number of alkyl halides is 3. The molecule has 2 atom stereocenters. The van der Waals surface area contributed by atoms with Gasteiger partial charge in [0.25, 0.3) is 0 Å². The van der Waals surface area contributed by atoms with Crippen LogP contribution in [0.2, 0.25) is 0 Å². The van der Waals surface area contributed by atoms with E-state index >= 15 is 0 Å². The molecule has 1 saturated carbocycles. The maximum absolute atomic E-state index is 14.0. The lowest BCUT2D eigenvalue weighted by Crippen LogP contribution is -2.63. The molecule has 2 aliphatic heterocycles. The Hall–Kier alpha value is -3.13. The molecule has 45 heavy (non-hydrogen) atoms. The van der Waals surface area contributed by atoms with Gasteiger partial charge >= 0.3 is 12.3 Å². The fourth-order valence-electron chi connectivity index (χ4n) is 7.63. The Morgan fingerprint density at radius 2 is 1.69 bits per heavy atom. The van der Waals surface area contributed by atoms with Gasteiger partial charge in [0.1, 0.15) is 11.4 Å². The fraction of sp³-hybridized carbons (Fsp3) is 0.645. The number of likely N-dealkylation sites (tertiary alicyclic amines) is 1. The number of aromatic nitrogens is 2. The van der Waals surface area contributed by atoms with Crippen molar-refractivity contribution in [1.82, 2.24) is 14.9 Å². The molecule has 1 aliphatic carbocycles. The number of piperidine rings is 2. The van der Waals surface area contributed by atoms with E-state index in [0.717, 1.165) is 6.20 Å². The minimum absolute atomic E-state index is 0.0597. The molecule has 3 heterocycles. The van der Waals surface area contributed by atoms with E-state index in [0.29, 0.717) is 56.4 Å². The first kappa shape index (κ1) is 33.2. The summed E-state index contributed by atoms with van der Waals surface area (Å²) in [6.45, 7) is 10.7. The van der Waals surface area contributed by atoms with Gasteiger partial charge in [0, 0.05) is 38.1 Å². The molecule has 1 aromatic carbocycles. The van der Waals surface area contributed by atoms with E-state index in [2.05, 4.69) is 15.3 Å². The van der Waals surface area contributed by atoms with Gasteiger partial charge in [-0.05, 0) is 86.5 Å². The SMILES string of the molecule is Cc1cc(S(=O)(=O)C2CC3(CCN(C(=O)O)CC3)C2C(C)(C)C)ccc1Nc1ncc(C(F)(F)F)c(N2CCC(C)(O)CC2)n1. The van der Waals surface area contributed by atoms with Crippen molar-refractivity contribution in [3.05, 3.63) is 35.5 Å². The van der Waals surface area contributed by atoms with E-state index < -0.39 is 38.5 Å². The van der Waals surface area contributed by atoms with Crippen LogP contribution in [0.1, 0.15) is 70.9 Å². The summed E-state index contributed by atoms with van der Waals surface area (Å²) in [5.41, 5.74) is -1.45. The predicted molar refractivity (Wildman–Crippen MR) is 163 cm³/mol. The van der Waals surface area contributed by atoms with Crippen LogP contribution in [0.15, 0.2) is 29.3 Å². The van der Waals surface area contributed by atoms with E-state index in [9.17, 15) is 36.6 Å². The highest BCUT2D eigenvalue weighted by Gasteiger charge is 2.62. The van der Waals surface area contributed by atoms with Crippen LogP contribution in [0.3, 0.4) is 0 Å². The number of nitrogens with one attached hydrogen (secondary N) is 1. The molecule has 1 spiro atoms. The number of anilines is 3. The summed E-state index contributed by atoms with van der Waals surface area (Å²) < 4.78 is 69.5. The first-order valence-electron chi connectivity index (χ1n) is 15.2. The molecule has 3 N–H and O–H groups in total. The Bertz CT molecular complexity index is 1560. The van der Waals surface area contributed by atoms with Crippen LogP contribution < -0.4 is 10.2 Å². The van der Waals surface area contributed by atoms with Crippen LogP contribution >= 0.6 is 0 Å². The molecule has 3 fully saturated rings. The number of benzene rings is 1. The van der Waals surface area contributed by atoms with E-state index in [1.165, 1.54) is 15.9 Å². The summed E-state index contributed by atoms with van der Waals surface area (Å²) in [5.74, 6) is -0.481. The average molecular weight is 654 g/mol. The van der Waals surface area contributed by atoms with Crippen LogP contribution in [0.25, 0.3) is 0 Å². The van der Waals surface area contributed by atoms with E-state index in [-0.39, 0.29) is 46.5 Å². The molecule has 1 amide bonds. The number of amides is 1. The number of halogens is 3. The quantitative estimate of drug-likeness (QED) is 0.362. The number of aliphatic hydroxyl groups is 1. The van der Waals surface area contributed by atoms with Crippen molar-refractivity contribution >= 4 is 33.4 Å². The summed E-state index contributed by atoms with van der Waals surface area (Å²) in [6, 6.07) is 4.64. The zero-order valence-corrected chi connectivity index (χ0v) is 27.1.